The highest BCUT2D eigenvalue weighted by atomic mass is 16.1. The maximum absolute atomic E-state index is 10.9. The van der Waals surface area contributed by atoms with Crippen LogP contribution in [0, 0.1) is 0 Å². The molecule has 0 aromatic rings. The van der Waals surface area contributed by atoms with Gasteiger partial charge < -0.3 is 9.59 Å². The molecule has 0 fully saturated rings. The quantitative estimate of drug-likeness (QED) is 0.540. The van der Waals surface area contributed by atoms with Crippen molar-refractivity contribution in [3.63, 3.8) is 0 Å². The van der Waals surface area contributed by atoms with Gasteiger partial charge in [0.2, 0.25) is 7.28 Å². The Bertz CT molecular complexity index is 143. The lowest BCUT2D eigenvalue weighted by Gasteiger charge is -1.94. The summed E-state index contributed by atoms with van der Waals surface area (Å²) in [5.41, 5.74) is 0.0919. The fourth-order valence-electron chi connectivity index (χ4n) is 0.720. The molecule has 0 aliphatic rings. The molecule has 0 atom stereocenters. The van der Waals surface area contributed by atoms with Gasteiger partial charge in [-0.05, 0) is 12.7 Å². The molecular formula is C8H14BO2. The molecule has 0 saturated heterocycles. The van der Waals surface area contributed by atoms with Crippen molar-refractivity contribution < 1.29 is 9.59 Å². The van der Waals surface area contributed by atoms with Gasteiger partial charge in [0.05, 0.1) is 5.68 Å². The van der Waals surface area contributed by atoms with Gasteiger partial charge in [-0.15, -0.1) is 0 Å². The van der Waals surface area contributed by atoms with E-state index in [1.165, 1.54) is 7.28 Å². The minimum Gasteiger partial charge on any atom is -0.312 e. The molecule has 0 rings (SSSR count). The summed E-state index contributed by atoms with van der Waals surface area (Å²) in [6, 6.07) is 0. The van der Waals surface area contributed by atoms with E-state index < -0.39 is 0 Å². The Morgan fingerprint density at radius 3 is 2.36 bits per heavy atom. The van der Waals surface area contributed by atoms with E-state index >= 15 is 0 Å². The Labute approximate surface area is 68.6 Å². The van der Waals surface area contributed by atoms with Gasteiger partial charge in [-0.2, -0.15) is 0 Å². The first-order chi connectivity index (χ1) is 5.20. The fourth-order valence-corrected chi connectivity index (χ4v) is 0.720. The average Bonchev–Trinajstić information content (AvgIpc) is 2.01. The number of ketones is 1. The molecule has 0 aliphatic heterocycles. The van der Waals surface area contributed by atoms with Gasteiger partial charge in [0.1, 0.15) is 5.78 Å². The molecule has 0 saturated carbocycles. The highest BCUT2D eigenvalue weighted by molar-refractivity contribution is 6.76. The number of rotatable bonds is 6. The lowest BCUT2D eigenvalue weighted by atomic mass is 9.67. The van der Waals surface area contributed by atoms with Crippen molar-refractivity contribution in [3.05, 3.63) is 0 Å². The molecule has 0 bridgehead atoms. The van der Waals surface area contributed by atoms with Crippen LogP contribution in [0.4, 0.5) is 0 Å². The van der Waals surface area contributed by atoms with Gasteiger partial charge in [0, 0.05) is 6.42 Å². The van der Waals surface area contributed by atoms with Crippen LogP contribution in [-0.4, -0.2) is 18.7 Å². The summed E-state index contributed by atoms with van der Waals surface area (Å²) >= 11 is 0. The molecule has 1 radical (unpaired) electrons. The van der Waals surface area contributed by atoms with Crippen molar-refractivity contribution in [2.24, 2.45) is 0 Å². The highest BCUT2D eigenvalue weighted by Gasteiger charge is 2.05. The lowest BCUT2D eigenvalue weighted by Crippen LogP contribution is -2.12. The Balaban J connectivity index is 3.38. The molecule has 0 heterocycles. The minimum absolute atomic E-state index is 0.0919. The SMILES string of the molecule is CCCC(=O)[B]CC(=O)CC. The number of hydrogen-bond donors (Lipinski definition) is 0. The average molecular weight is 153 g/mol. The van der Waals surface area contributed by atoms with E-state index in [0.29, 0.717) is 19.2 Å². The molecule has 3 heteroatoms. The van der Waals surface area contributed by atoms with Crippen molar-refractivity contribution >= 4 is 18.7 Å². The maximum atomic E-state index is 10.9. The van der Waals surface area contributed by atoms with Gasteiger partial charge in [0.25, 0.3) is 0 Å². The highest BCUT2D eigenvalue weighted by Crippen LogP contribution is 1.93. The van der Waals surface area contributed by atoms with Gasteiger partial charge in [-0.1, -0.05) is 20.3 Å². The Morgan fingerprint density at radius 2 is 1.91 bits per heavy atom. The second-order valence-corrected chi connectivity index (χ2v) is 2.52. The van der Waals surface area contributed by atoms with Gasteiger partial charge in [-0.25, -0.2) is 0 Å². The largest absolute Gasteiger partial charge is 0.312 e. The molecule has 0 aromatic heterocycles. The first-order valence-corrected chi connectivity index (χ1v) is 4.08. The van der Waals surface area contributed by atoms with E-state index in [1.54, 1.807) is 6.92 Å². The van der Waals surface area contributed by atoms with Crippen LogP contribution in [0.15, 0.2) is 0 Å². The standard InChI is InChI=1S/C8H14BO2/c1-3-5-8(11)9-6-7(10)4-2/h3-6H2,1-2H3. The summed E-state index contributed by atoms with van der Waals surface area (Å²) in [4.78, 5) is 21.6. The van der Waals surface area contributed by atoms with E-state index in [2.05, 4.69) is 0 Å². The molecule has 2 nitrogen and oxygen atoms in total. The summed E-state index contributed by atoms with van der Waals surface area (Å²) in [7, 11) is 1.50. The Kier molecular flexibility index (Phi) is 5.80. The van der Waals surface area contributed by atoms with E-state index in [1.807, 2.05) is 6.92 Å². The lowest BCUT2D eigenvalue weighted by molar-refractivity contribution is -0.117. The van der Waals surface area contributed by atoms with Gasteiger partial charge in [-0.3, -0.25) is 0 Å². The number of hydrogen-bond acceptors (Lipinski definition) is 2. The molecule has 11 heavy (non-hydrogen) atoms. The van der Waals surface area contributed by atoms with Crippen LogP contribution >= 0.6 is 0 Å². The second-order valence-electron chi connectivity index (χ2n) is 2.52. The third kappa shape index (κ3) is 5.83. The van der Waals surface area contributed by atoms with Crippen molar-refractivity contribution in [2.45, 2.75) is 39.4 Å². The zero-order chi connectivity index (χ0) is 8.69. The van der Waals surface area contributed by atoms with E-state index in [4.69, 9.17) is 0 Å². The van der Waals surface area contributed by atoms with Crippen LogP contribution in [0.25, 0.3) is 0 Å². The summed E-state index contributed by atoms with van der Waals surface area (Å²) in [5, 5.41) is 0. The predicted molar refractivity (Wildman–Crippen MR) is 45.8 cm³/mol. The molecule has 0 amide bonds. The minimum atomic E-state index is 0.0919. The van der Waals surface area contributed by atoms with Gasteiger partial charge in [0.15, 0.2) is 0 Å². The maximum Gasteiger partial charge on any atom is 0.210 e. The number of carbonyl (C=O) groups is 2. The smallest absolute Gasteiger partial charge is 0.210 e. The zero-order valence-corrected chi connectivity index (χ0v) is 7.22. The summed E-state index contributed by atoms with van der Waals surface area (Å²) in [6.07, 6.45) is 2.26. The molecular weight excluding hydrogens is 139 g/mol. The molecule has 0 unspecified atom stereocenters. The topological polar surface area (TPSA) is 34.1 Å². The zero-order valence-electron chi connectivity index (χ0n) is 7.22. The van der Waals surface area contributed by atoms with Crippen LogP contribution in [0.2, 0.25) is 6.32 Å². The van der Waals surface area contributed by atoms with Crippen LogP contribution in [0.1, 0.15) is 33.1 Å². The summed E-state index contributed by atoms with van der Waals surface area (Å²) in [5.74, 6) is 0.134. The first kappa shape index (κ1) is 10.4. The molecule has 0 aromatic carbocycles. The Hall–Kier alpha value is -0.595. The number of carbonyl (C=O) groups excluding carboxylic acids is 2. The van der Waals surface area contributed by atoms with Crippen molar-refractivity contribution in [3.8, 4) is 0 Å². The second kappa shape index (κ2) is 6.14. The van der Waals surface area contributed by atoms with E-state index in [9.17, 15) is 9.59 Å². The van der Waals surface area contributed by atoms with Crippen LogP contribution < -0.4 is 0 Å². The van der Waals surface area contributed by atoms with Crippen molar-refractivity contribution in [2.75, 3.05) is 0 Å². The summed E-state index contributed by atoms with van der Waals surface area (Å²) in [6.45, 7) is 3.76. The molecule has 61 valence electrons. The molecule has 0 N–H and O–H groups in total. The third-order valence-corrected chi connectivity index (χ3v) is 1.45. The molecule has 0 aliphatic carbocycles. The van der Waals surface area contributed by atoms with E-state index in [0.717, 1.165) is 6.42 Å². The van der Waals surface area contributed by atoms with Crippen LogP contribution in [-0.2, 0) is 9.59 Å². The molecule has 0 spiro atoms. The van der Waals surface area contributed by atoms with Crippen LogP contribution in [0.3, 0.4) is 0 Å². The normalized spacial score (nSPS) is 9.27. The van der Waals surface area contributed by atoms with E-state index in [-0.39, 0.29) is 11.5 Å². The summed E-state index contributed by atoms with van der Waals surface area (Å²) < 4.78 is 0. The van der Waals surface area contributed by atoms with Crippen molar-refractivity contribution in [1.29, 1.82) is 0 Å². The van der Waals surface area contributed by atoms with Crippen molar-refractivity contribution in [1.82, 2.24) is 0 Å². The van der Waals surface area contributed by atoms with Gasteiger partial charge >= 0.3 is 0 Å². The third-order valence-electron chi connectivity index (χ3n) is 1.45. The van der Waals surface area contributed by atoms with Crippen LogP contribution in [0.5, 0.6) is 0 Å². The Morgan fingerprint density at radius 1 is 1.27 bits per heavy atom. The fraction of sp³-hybridized carbons (Fsp3) is 0.750. The predicted octanol–water partition coefficient (Wildman–Crippen LogP) is 1.41. The number of Topliss-reactive ketones (excluding diaryl/α,β-unsaturated/α-hetero) is 1. The first-order valence-electron chi connectivity index (χ1n) is 4.08. The monoisotopic (exact) mass is 153 g/mol.